The molecule has 0 amide bonds. The maximum atomic E-state index is 11.8. The largest absolute Gasteiger partial charge is 0.411 e. The van der Waals surface area contributed by atoms with E-state index < -0.39 is 12.8 Å². The predicted molar refractivity (Wildman–Crippen MR) is 64.7 cm³/mol. The lowest BCUT2D eigenvalue weighted by atomic mass is 10.4. The van der Waals surface area contributed by atoms with E-state index in [1.54, 1.807) is 0 Å². The lowest BCUT2D eigenvalue weighted by molar-refractivity contribution is -0.173. The summed E-state index contributed by atoms with van der Waals surface area (Å²) in [6.45, 7) is 2.57. The Kier molecular flexibility index (Phi) is 6.59. The molecule has 0 aliphatic rings. The van der Waals surface area contributed by atoms with Crippen molar-refractivity contribution < 1.29 is 17.9 Å². The Balaban J connectivity index is 2.19. The van der Waals surface area contributed by atoms with E-state index >= 15 is 0 Å². The first-order chi connectivity index (χ1) is 8.51. The highest BCUT2D eigenvalue weighted by molar-refractivity contribution is 7.09. The van der Waals surface area contributed by atoms with E-state index in [-0.39, 0.29) is 6.61 Å². The minimum absolute atomic E-state index is 0.0504. The highest BCUT2D eigenvalue weighted by atomic mass is 32.1. The van der Waals surface area contributed by atoms with E-state index in [0.717, 1.165) is 23.7 Å². The molecule has 0 fully saturated rings. The molecular weight excluding hydrogens is 265 g/mol. The molecule has 0 aliphatic heterocycles. The molecule has 1 aromatic rings. The standard InChI is InChI=1S/C11H17F3N2OS/c1-2-4-15-6-9-7-18-10(16-9)3-5-17-8-11(12,13)14/h7,15H,2-6,8H2,1H3. The SMILES string of the molecule is CCCNCc1csc(CCOCC(F)(F)F)n1. The number of nitrogens with zero attached hydrogens (tertiary/aromatic N) is 1. The van der Waals surface area contributed by atoms with Crippen LogP contribution in [0.25, 0.3) is 0 Å². The second kappa shape index (κ2) is 7.70. The van der Waals surface area contributed by atoms with Crippen molar-refractivity contribution in [2.75, 3.05) is 19.8 Å². The normalized spacial score (nSPS) is 12.0. The van der Waals surface area contributed by atoms with Crippen molar-refractivity contribution in [3.63, 3.8) is 0 Å². The van der Waals surface area contributed by atoms with Gasteiger partial charge in [0.1, 0.15) is 6.61 Å². The van der Waals surface area contributed by atoms with Crippen molar-refractivity contribution in [2.24, 2.45) is 0 Å². The molecule has 0 aliphatic carbocycles. The van der Waals surface area contributed by atoms with Crippen molar-refractivity contribution in [2.45, 2.75) is 32.5 Å². The van der Waals surface area contributed by atoms with Crippen LogP contribution in [0, 0.1) is 0 Å². The van der Waals surface area contributed by atoms with Gasteiger partial charge in [-0.3, -0.25) is 0 Å². The third-order valence-electron chi connectivity index (χ3n) is 2.06. The number of aromatic nitrogens is 1. The molecule has 0 saturated carbocycles. The van der Waals surface area contributed by atoms with Crippen LogP contribution in [-0.4, -0.2) is 30.9 Å². The Hall–Kier alpha value is -0.660. The van der Waals surface area contributed by atoms with E-state index in [4.69, 9.17) is 0 Å². The second-order valence-electron chi connectivity index (χ2n) is 3.83. The van der Waals surface area contributed by atoms with Gasteiger partial charge in [0.2, 0.25) is 0 Å². The van der Waals surface area contributed by atoms with Crippen LogP contribution in [0.15, 0.2) is 5.38 Å². The molecule has 0 bridgehead atoms. The zero-order valence-corrected chi connectivity index (χ0v) is 11.0. The predicted octanol–water partition coefficient (Wildman–Crippen LogP) is 2.76. The van der Waals surface area contributed by atoms with Crippen LogP contribution in [0.1, 0.15) is 24.0 Å². The number of hydrogen-bond acceptors (Lipinski definition) is 4. The molecule has 0 atom stereocenters. The Labute approximate surface area is 108 Å². The smallest absolute Gasteiger partial charge is 0.372 e. The number of nitrogens with one attached hydrogen (secondary N) is 1. The van der Waals surface area contributed by atoms with Crippen molar-refractivity contribution in [1.82, 2.24) is 10.3 Å². The molecule has 7 heteroatoms. The number of halogens is 3. The third kappa shape index (κ3) is 6.93. The van der Waals surface area contributed by atoms with Crippen molar-refractivity contribution in [1.29, 1.82) is 0 Å². The second-order valence-corrected chi connectivity index (χ2v) is 4.77. The molecule has 1 rings (SSSR count). The van der Waals surface area contributed by atoms with E-state index in [9.17, 15) is 13.2 Å². The van der Waals surface area contributed by atoms with Gasteiger partial charge < -0.3 is 10.1 Å². The first-order valence-electron chi connectivity index (χ1n) is 5.79. The summed E-state index contributed by atoms with van der Waals surface area (Å²) in [5, 5.41) is 5.95. The van der Waals surface area contributed by atoms with Crippen molar-refractivity contribution in [3.8, 4) is 0 Å². The zero-order chi connectivity index (χ0) is 13.4. The van der Waals surface area contributed by atoms with Gasteiger partial charge in [-0.25, -0.2) is 4.98 Å². The Bertz CT molecular complexity index is 341. The van der Waals surface area contributed by atoms with Gasteiger partial charge >= 0.3 is 6.18 Å². The van der Waals surface area contributed by atoms with E-state index in [0.29, 0.717) is 13.0 Å². The lowest BCUT2D eigenvalue weighted by Gasteiger charge is -2.06. The highest BCUT2D eigenvalue weighted by Gasteiger charge is 2.27. The van der Waals surface area contributed by atoms with Gasteiger partial charge in [0.25, 0.3) is 0 Å². The molecule has 0 spiro atoms. The van der Waals surface area contributed by atoms with E-state index in [1.807, 2.05) is 5.38 Å². The maximum absolute atomic E-state index is 11.8. The molecule has 1 aromatic heterocycles. The first kappa shape index (κ1) is 15.4. The number of rotatable bonds is 8. The Morgan fingerprint density at radius 2 is 2.22 bits per heavy atom. The summed E-state index contributed by atoms with van der Waals surface area (Å²) in [6.07, 6.45) is -2.77. The summed E-state index contributed by atoms with van der Waals surface area (Å²) in [5.74, 6) is 0. The number of alkyl halides is 3. The summed E-state index contributed by atoms with van der Waals surface area (Å²) in [4.78, 5) is 4.31. The average Bonchev–Trinajstić information content (AvgIpc) is 2.72. The van der Waals surface area contributed by atoms with Crippen LogP contribution in [0.3, 0.4) is 0 Å². The summed E-state index contributed by atoms with van der Waals surface area (Å²) in [6, 6.07) is 0. The van der Waals surface area contributed by atoms with Gasteiger partial charge in [-0.1, -0.05) is 6.92 Å². The quantitative estimate of drug-likeness (QED) is 0.744. The number of thiazole rings is 1. The van der Waals surface area contributed by atoms with Gasteiger partial charge in [-0.05, 0) is 13.0 Å². The topological polar surface area (TPSA) is 34.1 Å². The molecule has 1 N–H and O–H groups in total. The average molecular weight is 282 g/mol. The molecule has 0 saturated heterocycles. The van der Waals surface area contributed by atoms with Crippen LogP contribution in [0.4, 0.5) is 13.2 Å². The van der Waals surface area contributed by atoms with E-state index in [1.165, 1.54) is 11.3 Å². The molecule has 18 heavy (non-hydrogen) atoms. The molecule has 0 unspecified atom stereocenters. The van der Waals surface area contributed by atoms with Crippen molar-refractivity contribution >= 4 is 11.3 Å². The minimum Gasteiger partial charge on any atom is -0.372 e. The first-order valence-corrected chi connectivity index (χ1v) is 6.67. The van der Waals surface area contributed by atoms with Crippen LogP contribution < -0.4 is 5.32 Å². The Morgan fingerprint density at radius 1 is 1.44 bits per heavy atom. The highest BCUT2D eigenvalue weighted by Crippen LogP contribution is 2.15. The Morgan fingerprint density at radius 3 is 2.89 bits per heavy atom. The zero-order valence-electron chi connectivity index (χ0n) is 10.2. The molecule has 1 heterocycles. The molecular formula is C11H17F3N2OS. The molecule has 0 radical (unpaired) electrons. The molecule has 3 nitrogen and oxygen atoms in total. The fourth-order valence-corrected chi connectivity index (χ4v) is 2.06. The number of hydrogen-bond donors (Lipinski definition) is 1. The van der Waals surface area contributed by atoms with Crippen LogP contribution in [0.5, 0.6) is 0 Å². The van der Waals surface area contributed by atoms with Gasteiger partial charge in [0.15, 0.2) is 0 Å². The molecule has 0 aromatic carbocycles. The minimum atomic E-state index is -4.25. The monoisotopic (exact) mass is 282 g/mol. The van der Waals surface area contributed by atoms with Crippen LogP contribution >= 0.6 is 11.3 Å². The maximum Gasteiger partial charge on any atom is 0.411 e. The van der Waals surface area contributed by atoms with Crippen molar-refractivity contribution in [3.05, 3.63) is 16.1 Å². The molecule has 104 valence electrons. The lowest BCUT2D eigenvalue weighted by Crippen LogP contribution is -2.18. The third-order valence-corrected chi connectivity index (χ3v) is 3.02. The fraction of sp³-hybridized carbons (Fsp3) is 0.727. The number of ether oxygens (including phenoxy) is 1. The fourth-order valence-electron chi connectivity index (χ4n) is 1.29. The van der Waals surface area contributed by atoms with Gasteiger partial charge in [0.05, 0.1) is 17.3 Å². The van der Waals surface area contributed by atoms with Crippen LogP contribution in [0.2, 0.25) is 0 Å². The summed E-state index contributed by atoms with van der Waals surface area (Å²) < 4.78 is 40.0. The van der Waals surface area contributed by atoms with Crippen LogP contribution in [-0.2, 0) is 17.7 Å². The van der Waals surface area contributed by atoms with Gasteiger partial charge in [-0.15, -0.1) is 11.3 Å². The summed E-state index contributed by atoms with van der Waals surface area (Å²) in [5.41, 5.74) is 0.930. The van der Waals surface area contributed by atoms with E-state index in [2.05, 4.69) is 22.0 Å². The summed E-state index contributed by atoms with van der Waals surface area (Å²) in [7, 11) is 0. The van der Waals surface area contributed by atoms with Gasteiger partial charge in [-0.2, -0.15) is 13.2 Å². The van der Waals surface area contributed by atoms with Gasteiger partial charge in [0, 0.05) is 18.3 Å². The summed E-state index contributed by atoms with van der Waals surface area (Å²) >= 11 is 1.45.